The Kier molecular flexibility index (Phi) is 3.04. The molecule has 0 spiro atoms. The van der Waals surface area contributed by atoms with Crippen LogP contribution in [0.15, 0.2) is 6.07 Å². The summed E-state index contributed by atoms with van der Waals surface area (Å²) in [6.45, 7) is 1.55. The van der Waals surface area contributed by atoms with Crippen molar-refractivity contribution in [2.75, 3.05) is 6.54 Å². The summed E-state index contributed by atoms with van der Waals surface area (Å²) in [6.07, 6.45) is 8.60. The van der Waals surface area contributed by atoms with Crippen molar-refractivity contribution in [1.29, 1.82) is 0 Å². The van der Waals surface area contributed by atoms with Crippen LogP contribution in [0.25, 0.3) is 0 Å². The first kappa shape index (κ1) is 12.4. The molecule has 0 aromatic carbocycles. The van der Waals surface area contributed by atoms with Gasteiger partial charge in [-0.3, -0.25) is 9.48 Å². The fourth-order valence-electron chi connectivity index (χ4n) is 3.02. The lowest BCUT2D eigenvalue weighted by atomic mass is 9.85. The van der Waals surface area contributed by atoms with E-state index in [0.717, 1.165) is 37.8 Å². The van der Waals surface area contributed by atoms with Gasteiger partial charge in [-0.15, -0.1) is 0 Å². The third-order valence-corrected chi connectivity index (χ3v) is 4.92. The molecule has 1 aromatic rings. The van der Waals surface area contributed by atoms with E-state index in [1.807, 2.05) is 0 Å². The monoisotopic (exact) mass is 273 g/mol. The summed E-state index contributed by atoms with van der Waals surface area (Å²) in [4.78, 5) is 11.8. The maximum absolute atomic E-state index is 11.8. The van der Waals surface area contributed by atoms with Crippen LogP contribution >= 0.6 is 0 Å². The Bertz CT molecular complexity index is 510. The van der Waals surface area contributed by atoms with E-state index in [9.17, 15) is 4.79 Å². The molecule has 4 rings (SSSR count). The summed E-state index contributed by atoms with van der Waals surface area (Å²) in [5.74, 6) is 1.99. The molecule has 3 aliphatic rings. The molecule has 4 heteroatoms. The van der Waals surface area contributed by atoms with Gasteiger partial charge in [0, 0.05) is 30.0 Å². The second kappa shape index (κ2) is 4.90. The van der Waals surface area contributed by atoms with E-state index in [1.165, 1.54) is 43.5 Å². The highest BCUT2D eigenvalue weighted by Gasteiger charge is 2.32. The van der Waals surface area contributed by atoms with Crippen LogP contribution in [0.1, 0.15) is 68.2 Å². The average molecular weight is 273 g/mol. The summed E-state index contributed by atoms with van der Waals surface area (Å²) in [6, 6.07) is 2.32. The Hall–Kier alpha value is -1.32. The molecule has 3 saturated carbocycles. The first-order valence-corrected chi connectivity index (χ1v) is 8.16. The first-order valence-electron chi connectivity index (χ1n) is 8.16. The molecule has 0 unspecified atom stereocenters. The maximum atomic E-state index is 11.8. The number of nitrogens with one attached hydrogen (secondary N) is 1. The molecule has 20 heavy (non-hydrogen) atoms. The molecule has 3 fully saturated rings. The summed E-state index contributed by atoms with van der Waals surface area (Å²) in [5.41, 5.74) is 2.70. The number of rotatable bonds is 6. The summed E-state index contributed by atoms with van der Waals surface area (Å²) >= 11 is 0. The smallest absolute Gasteiger partial charge is 0.223 e. The lowest BCUT2D eigenvalue weighted by Crippen LogP contribution is -2.36. The number of amides is 1. The number of nitrogens with zero attached hydrogens (tertiary/aromatic N) is 2. The second-order valence-corrected chi connectivity index (χ2v) is 6.68. The van der Waals surface area contributed by atoms with Gasteiger partial charge < -0.3 is 5.32 Å². The maximum Gasteiger partial charge on any atom is 0.223 e. The normalized spacial score (nSPS) is 22.6. The van der Waals surface area contributed by atoms with Gasteiger partial charge in [0.05, 0.1) is 12.2 Å². The number of carbonyl (C=O) groups excluding carboxylic acids is 1. The molecule has 0 bridgehead atoms. The standard InChI is InChI=1S/C16H23N3O/c20-16(13-2-1-3-13)17-8-9-19-15(12-6-7-12)10-14(18-19)11-4-5-11/h10-13H,1-9H2,(H,17,20). The van der Waals surface area contributed by atoms with E-state index < -0.39 is 0 Å². The lowest BCUT2D eigenvalue weighted by molar-refractivity contribution is -0.127. The van der Waals surface area contributed by atoms with Crippen molar-refractivity contribution < 1.29 is 4.79 Å². The number of hydrogen-bond donors (Lipinski definition) is 1. The summed E-state index contributed by atoms with van der Waals surface area (Å²) < 4.78 is 2.16. The molecule has 108 valence electrons. The highest BCUT2D eigenvalue weighted by atomic mass is 16.1. The number of hydrogen-bond acceptors (Lipinski definition) is 2. The van der Waals surface area contributed by atoms with E-state index in [2.05, 4.69) is 16.1 Å². The molecular weight excluding hydrogens is 250 g/mol. The zero-order valence-corrected chi connectivity index (χ0v) is 12.0. The molecule has 4 nitrogen and oxygen atoms in total. The minimum Gasteiger partial charge on any atom is -0.354 e. The lowest BCUT2D eigenvalue weighted by Gasteiger charge is -2.24. The van der Waals surface area contributed by atoms with Crippen LogP contribution in [0, 0.1) is 5.92 Å². The topological polar surface area (TPSA) is 46.9 Å². The second-order valence-electron chi connectivity index (χ2n) is 6.68. The van der Waals surface area contributed by atoms with E-state index >= 15 is 0 Å². The predicted molar refractivity (Wildman–Crippen MR) is 76.5 cm³/mol. The molecule has 0 saturated heterocycles. The van der Waals surface area contributed by atoms with Crippen molar-refractivity contribution in [3.8, 4) is 0 Å². The molecule has 0 aliphatic heterocycles. The minimum atomic E-state index is 0.249. The Balaban J connectivity index is 1.36. The Morgan fingerprint density at radius 3 is 2.55 bits per heavy atom. The Morgan fingerprint density at radius 2 is 1.95 bits per heavy atom. The van der Waals surface area contributed by atoms with Gasteiger partial charge >= 0.3 is 0 Å². The zero-order valence-electron chi connectivity index (χ0n) is 12.0. The number of carbonyl (C=O) groups is 1. The molecular formula is C16H23N3O. The van der Waals surface area contributed by atoms with Crippen LogP contribution in [0.4, 0.5) is 0 Å². The first-order chi connectivity index (χ1) is 9.81. The third kappa shape index (κ3) is 2.48. The molecule has 1 amide bonds. The van der Waals surface area contributed by atoms with Gasteiger partial charge in [0.15, 0.2) is 0 Å². The Labute approximate surface area is 119 Å². The third-order valence-electron chi connectivity index (χ3n) is 4.92. The van der Waals surface area contributed by atoms with Crippen molar-refractivity contribution in [2.45, 2.75) is 63.3 Å². The fraction of sp³-hybridized carbons (Fsp3) is 0.750. The van der Waals surface area contributed by atoms with E-state index in [1.54, 1.807) is 0 Å². The van der Waals surface area contributed by atoms with Crippen LogP contribution in [0.3, 0.4) is 0 Å². The van der Waals surface area contributed by atoms with Gasteiger partial charge in [0.1, 0.15) is 0 Å². The number of aromatic nitrogens is 2. The predicted octanol–water partition coefficient (Wildman–Crippen LogP) is 2.55. The van der Waals surface area contributed by atoms with E-state index in [-0.39, 0.29) is 11.8 Å². The largest absolute Gasteiger partial charge is 0.354 e. The van der Waals surface area contributed by atoms with Crippen LogP contribution in [0.5, 0.6) is 0 Å². The minimum absolute atomic E-state index is 0.249. The molecule has 3 aliphatic carbocycles. The van der Waals surface area contributed by atoms with Crippen molar-refractivity contribution in [1.82, 2.24) is 15.1 Å². The van der Waals surface area contributed by atoms with Crippen molar-refractivity contribution in [2.24, 2.45) is 5.92 Å². The highest BCUT2D eigenvalue weighted by Crippen LogP contribution is 2.44. The van der Waals surface area contributed by atoms with Crippen molar-refractivity contribution in [3.05, 3.63) is 17.5 Å². The Morgan fingerprint density at radius 1 is 1.20 bits per heavy atom. The van der Waals surface area contributed by atoms with Crippen molar-refractivity contribution in [3.63, 3.8) is 0 Å². The van der Waals surface area contributed by atoms with E-state index in [4.69, 9.17) is 5.10 Å². The molecule has 1 N–H and O–H groups in total. The average Bonchev–Trinajstić information content (AvgIpc) is 3.26. The van der Waals surface area contributed by atoms with Gasteiger partial charge in [0.25, 0.3) is 0 Å². The molecule has 1 heterocycles. The van der Waals surface area contributed by atoms with Crippen molar-refractivity contribution >= 4 is 5.91 Å². The molecule has 0 atom stereocenters. The summed E-state index contributed by atoms with van der Waals surface area (Å²) in [5, 5.41) is 7.85. The quantitative estimate of drug-likeness (QED) is 0.866. The fourth-order valence-corrected chi connectivity index (χ4v) is 3.02. The van der Waals surface area contributed by atoms with Gasteiger partial charge in [-0.2, -0.15) is 5.10 Å². The van der Waals surface area contributed by atoms with Crippen LogP contribution < -0.4 is 5.32 Å². The van der Waals surface area contributed by atoms with Gasteiger partial charge in [0.2, 0.25) is 5.91 Å². The van der Waals surface area contributed by atoms with E-state index in [0.29, 0.717) is 0 Å². The van der Waals surface area contributed by atoms with Crippen LogP contribution in [-0.2, 0) is 11.3 Å². The highest BCUT2D eigenvalue weighted by molar-refractivity contribution is 5.79. The van der Waals surface area contributed by atoms with Gasteiger partial charge in [-0.1, -0.05) is 6.42 Å². The summed E-state index contributed by atoms with van der Waals surface area (Å²) in [7, 11) is 0. The zero-order chi connectivity index (χ0) is 13.5. The SMILES string of the molecule is O=C(NCCn1nc(C2CC2)cc1C1CC1)C1CCC1. The van der Waals surface area contributed by atoms with Crippen LogP contribution in [0.2, 0.25) is 0 Å². The molecule has 1 aromatic heterocycles. The van der Waals surface area contributed by atoms with Crippen LogP contribution in [-0.4, -0.2) is 22.2 Å². The molecule has 0 radical (unpaired) electrons. The van der Waals surface area contributed by atoms with Gasteiger partial charge in [-0.25, -0.2) is 0 Å². The van der Waals surface area contributed by atoms with Gasteiger partial charge in [-0.05, 0) is 44.6 Å².